The quantitative estimate of drug-likeness (QED) is 0.707. The van der Waals surface area contributed by atoms with Crippen LogP contribution < -0.4 is 0 Å². The molecule has 7 aliphatic rings. The third kappa shape index (κ3) is 1.73. The number of ketones is 1. The van der Waals surface area contributed by atoms with Crippen LogP contribution in [0.1, 0.15) is 58.8 Å². The standard InChI is InChI=1S/C23H35NO3/c1-4-24-12-21(2)7-6-19(27-13-26-3)23-16(21)11-15(20(23)24)22-8-5-14(9-17(22)23)10-18(22)25/h14-17,19-20H,4-13H2,1-3H3/t14-,15?,16+,17?,19-,20?,21-,22-,23?/m0/s1. The van der Waals surface area contributed by atoms with Gasteiger partial charge in [-0.15, -0.1) is 0 Å². The van der Waals surface area contributed by atoms with Gasteiger partial charge in [-0.05, 0) is 74.2 Å². The number of hydrogen-bond acceptors (Lipinski definition) is 4. The van der Waals surface area contributed by atoms with Crippen molar-refractivity contribution in [2.24, 2.45) is 39.9 Å². The lowest BCUT2D eigenvalue weighted by molar-refractivity contribution is -0.243. The summed E-state index contributed by atoms with van der Waals surface area (Å²) in [6.07, 6.45) is 8.59. The topological polar surface area (TPSA) is 38.8 Å². The molecule has 9 atom stereocenters. The number of Topliss-reactive ketones (excluding diaryl/α,β-unsaturated/α-hetero) is 1. The summed E-state index contributed by atoms with van der Waals surface area (Å²) in [6.45, 7) is 7.63. The van der Waals surface area contributed by atoms with Gasteiger partial charge >= 0.3 is 0 Å². The number of rotatable bonds is 4. The summed E-state index contributed by atoms with van der Waals surface area (Å²) in [5.41, 5.74) is 0.579. The number of carbonyl (C=O) groups is 1. The number of nitrogens with zero attached hydrogens (tertiary/aromatic N) is 1. The Hall–Kier alpha value is -0.450. The summed E-state index contributed by atoms with van der Waals surface area (Å²) in [6, 6.07) is 0.563. The highest BCUT2D eigenvalue weighted by Gasteiger charge is 2.84. The molecule has 2 spiro atoms. The van der Waals surface area contributed by atoms with E-state index in [2.05, 4.69) is 18.7 Å². The van der Waals surface area contributed by atoms with Crippen molar-refractivity contribution >= 4 is 5.78 Å². The van der Waals surface area contributed by atoms with Crippen molar-refractivity contribution in [1.82, 2.24) is 4.90 Å². The molecule has 6 aliphatic carbocycles. The van der Waals surface area contributed by atoms with Crippen molar-refractivity contribution in [2.45, 2.75) is 70.9 Å². The fourth-order valence-electron chi connectivity index (χ4n) is 10.1. The van der Waals surface area contributed by atoms with Crippen LogP contribution >= 0.6 is 0 Å². The Kier molecular flexibility index (Phi) is 3.46. The van der Waals surface area contributed by atoms with Gasteiger partial charge in [-0.2, -0.15) is 0 Å². The van der Waals surface area contributed by atoms with E-state index < -0.39 is 0 Å². The minimum atomic E-state index is -0.0133. The molecule has 7 bridgehead atoms. The lowest BCUT2D eigenvalue weighted by Crippen LogP contribution is -2.69. The average molecular weight is 374 g/mol. The fraction of sp³-hybridized carbons (Fsp3) is 0.957. The first-order chi connectivity index (χ1) is 13.0. The second-order valence-electron chi connectivity index (χ2n) is 11.0. The van der Waals surface area contributed by atoms with E-state index in [-0.39, 0.29) is 16.9 Å². The Balaban J connectivity index is 1.55. The van der Waals surface area contributed by atoms with Gasteiger partial charge in [-0.3, -0.25) is 9.69 Å². The fourth-order valence-corrected chi connectivity index (χ4v) is 10.1. The van der Waals surface area contributed by atoms with Crippen LogP contribution in [0.15, 0.2) is 0 Å². The van der Waals surface area contributed by atoms with Gasteiger partial charge in [0.1, 0.15) is 12.6 Å². The average Bonchev–Trinajstić information content (AvgIpc) is 3.10. The first kappa shape index (κ1) is 17.4. The SMILES string of the molecule is CCN1C[C@]2(C)CC[C@H](OCOC)C34C1C(C[C@@H]32)[C@]12CC[C@H](CC1=O)CC42. The molecule has 0 amide bonds. The van der Waals surface area contributed by atoms with Crippen LogP contribution in [-0.4, -0.2) is 49.8 Å². The number of likely N-dealkylation sites (tertiary alicyclic amines) is 1. The summed E-state index contributed by atoms with van der Waals surface area (Å²) < 4.78 is 11.9. The zero-order valence-electron chi connectivity index (χ0n) is 17.2. The van der Waals surface area contributed by atoms with Crippen molar-refractivity contribution in [2.75, 3.05) is 27.0 Å². The highest BCUT2D eigenvalue weighted by atomic mass is 16.7. The molecular weight excluding hydrogens is 338 g/mol. The Morgan fingerprint density at radius 1 is 1.19 bits per heavy atom. The summed E-state index contributed by atoms with van der Waals surface area (Å²) in [5, 5.41) is 0. The van der Waals surface area contributed by atoms with Crippen molar-refractivity contribution in [1.29, 1.82) is 0 Å². The molecular formula is C23H35NO3. The normalized spacial score (nSPS) is 58.0. The van der Waals surface area contributed by atoms with Crippen LogP contribution in [0.25, 0.3) is 0 Å². The summed E-state index contributed by atoms with van der Waals surface area (Å²) in [4.78, 5) is 16.3. The number of carbonyl (C=O) groups excluding carboxylic acids is 1. The molecule has 6 saturated carbocycles. The molecule has 4 unspecified atom stereocenters. The molecule has 0 aromatic heterocycles. The van der Waals surface area contributed by atoms with Crippen LogP contribution in [0.3, 0.4) is 0 Å². The van der Waals surface area contributed by atoms with Gasteiger partial charge in [0.2, 0.25) is 0 Å². The maximum atomic E-state index is 13.5. The van der Waals surface area contributed by atoms with Crippen LogP contribution in [0.2, 0.25) is 0 Å². The minimum absolute atomic E-state index is 0.0133. The largest absolute Gasteiger partial charge is 0.359 e. The number of methoxy groups -OCH3 is 1. The Labute approximate surface area is 163 Å². The number of fused-ring (bicyclic) bond motifs is 2. The van der Waals surface area contributed by atoms with Crippen LogP contribution in [0.4, 0.5) is 0 Å². The second kappa shape index (κ2) is 5.37. The molecule has 4 nitrogen and oxygen atoms in total. The van der Waals surface area contributed by atoms with Crippen LogP contribution in [0, 0.1) is 39.9 Å². The molecule has 1 saturated heterocycles. The van der Waals surface area contributed by atoms with E-state index >= 15 is 0 Å². The Bertz CT molecular complexity index is 681. The van der Waals surface area contributed by atoms with E-state index in [1.807, 2.05) is 0 Å². The van der Waals surface area contributed by atoms with E-state index in [0.29, 0.717) is 41.8 Å². The van der Waals surface area contributed by atoms with Gasteiger partial charge in [-0.25, -0.2) is 0 Å². The molecule has 0 aromatic rings. The van der Waals surface area contributed by atoms with Crippen molar-refractivity contribution in [3.05, 3.63) is 0 Å². The maximum absolute atomic E-state index is 13.5. The summed E-state index contributed by atoms with van der Waals surface area (Å²) in [5.74, 6) is 3.16. The molecule has 1 heterocycles. The molecule has 0 radical (unpaired) electrons. The third-order valence-corrected chi connectivity index (χ3v) is 10.5. The van der Waals surface area contributed by atoms with E-state index in [9.17, 15) is 4.79 Å². The number of ether oxygens (including phenoxy) is 2. The summed E-state index contributed by atoms with van der Waals surface area (Å²) in [7, 11) is 1.74. The molecule has 7 rings (SSSR count). The maximum Gasteiger partial charge on any atom is 0.146 e. The minimum Gasteiger partial charge on any atom is -0.359 e. The van der Waals surface area contributed by atoms with Crippen molar-refractivity contribution in [3.63, 3.8) is 0 Å². The van der Waals surface area contributed by atoms with E-state index in [1.54, 1.807) is 7.11 Å². The molecule has 150 valence electrons. The first-order valence-electron chi connectivity index (χ1n) is 11.4. The predicted molar refractivity (Wildman–Crippen MR) is 102 cm³/mol. The van der Waals surface area contributed by atoms with Gasteiger partial charge in [0.15, 0.2) is 0 Å². The molecule has 1 aliphatic heterocycles. The molecule has 7 fully saturated rings. The Morgan fingerprint density at radius 2 is 2.04 bits per heavy atom. The monoisotopic (exact) mass is 373 g/mol. The second-order valence-corrected chi connectivity index (χ2v) is 11.0. The zero-order valence-corrected chi connectivity index (χ0v) is 17.2. The summed E-state index contributed by atoms with van der Waals surface area (Å²) >= 11 is 0. The molecule has 0 aromatic carbocycles. The van der Waals surface area contributed by atoms with Gasteiger partial charge < -0.3 is 9.47 Å². The highest BCUT2D eigenvalue weighted by molar-refractivity contribution is 5.88. The van der Waals surface area contributed by atoms with Crippen molar-refractivity contribution in [3.8, 4) is 0 Å². The van der Waals surface area contributed by atoms with E-state index in [0.717, 1.165) is 25.3 Å². The highest BCUT2D eigenvalue weighted by Crippen LogP contribution is 2.82. The van der Waals surface area contributed by atoms with Gasteiger partial charge in [0.25, 0.3) is 0 Å². The first-order valence-corrected chi connectivity index (χ1v) is 11.4. The van der Waals surface area contributed by atoms with Crippen molar-refractivity contribution < 1.29 is 14.3 Å². The van der Waals surface area contributed by atoms with Crippen LogP contribution in [-0.2, 0) is 14.3 Å². The molecule has 27 heavy (non-hydrogen) atoms. The van der Waals surface area contributed by atoms with E-state index in [4.69, 9.17) is 9.47 Å². The predicted octanol–water partition coefficient (Wildman–Crippen LogP) is 3.49. The lowest BCUT2D eigenvalue weighted by Gasteiger charge is -2.67. The third-order valence-electron chi connectivity index (χ3n) is 10.5. The number of hydrogen-bond donors (Lipinski definition) is 0. The Morgan fingerprint density at radius 3 is 2.78 bits per heavy atom. The zero-order chi connectivity index (χ0) is 18.6. The van der Waals surface area contributed by atoms with Gasteiger partial charge in [0.05, 0.1) is 6.10 Å². The number of piperidine rings is 1. The van der Waals surface area contributed by atoms with Crippen LogP contribution in [0.5, 0.6) is 0 Å². The van der Waals surface area contributed by atoms with Gasteiger partial charge in [0, 0.05) is 36.9 Å². The van der Waals surface area contributed by atoms with E-state index in [1.165, 1.54) is 38.6 Å². The smallest absolute Gasteiger partial charge is 0.146 e. The van der Waals surface area contributed by atoms with Gasteiger partial charge in [-0.1, -0.05) is 13.8 Å². The molecule has 4 heteroatoms. The lowest BCUT2D eigenvalue weighted by atomic mass is 9.40. The molecule has 0 N–H and O–H groups in total.